The van der Waals surface area contributed by atoms with Crippen molar-refractivity contribution in [3.8, 4) is 0 Å². The van der Waals surface area contributed by atoms with E-state index in [2.05, 4.69) is 19.8 Å². The summed E-state index contributed by atoms with van der Waals surface area (Å²) in [6.45, 7) is 0.283. The fourth-order valence-electron chi connectivity index (χ4n) is 1.01. The van der Waals surface area contributed by atoms with Crippen LogP contribution in [0.5, 0.6) is 0 Å². The molecule has 9 nitrogen and oxygen atoms in total. The van der Waals surface area contributed by atoms with Gasteiger partial charge in [0.15, 0.2) is 5.34 Å². The number of rotatable bonds is 11. The molecule has 0 saturated heterocycles. The van der Waals surface area contributed by atoms with Gasteiger partial charge in [-0.25, -0.2) is 0 Å². The molecule has 0 aliphatic heterocycles. The Morgan fingerprint density at radius 2 is 2.19 bits per heavy atom. The van der Waals surface area contributed by atoms with Gasteiger partial charge in [0.1, 0.15) is 12.7 Å². The van der Waals surface area contributed by atoms with Crippen LogP contribution in [0.3, 0.4) is 0 Å². The first-order valence-electron chi connectivity index (χ1n) is 4.51. The van der Waals surface area contributed by atoms with Crippen LogP contribution in [-0.4, -0.2) is 30.9 Å². The monoisotopic (exact) mass is 236 g/mol. The largest absolute Gasteiger partial charge is 0.468 e. The molecule has 0 amide bonds. The molecule has 0 heterocycles. The number of nitrogens with zero attached hydrogens (tertiary/aromatic N) is 2. The second kappa shape index (κ2) is 9.62. The van der Waals surface area contributed by atoms with Gasteiger partial charge in [0.2, 0.25) is 0 Å². The van der Waals surface area contributed by atoms with Crippen LogP contribution in [-0.2, 0) is 19.2 Å². The van der Waals surface area contributed by atoms with Crippen LogP contribution in [0.4, 0.5) is 0 Å². The normalized spacial score (nSPS) is 11.2. The summed E-state index contributed by atoms with van der Waals surface area (Å²) in [4.78, 5) is 37.9. The van der Waals surface area contributed by atoms with E-state index in [-0.39, 0.29) is 13.2 Å². The van der Waals surface area contributed by atoms with Gasteiger partial charge in [0.05, 0.1) is 6.61 Å². The number of hydrogen-bond donors (Lipinski definition) is 0. The molecule has 0 fully saturated rings. The zero-order chi connectivity index (χ0) is 12.2. The molecule has 0 aromatic heterocycles. The maximum atomic E-state index is 10.1. The molecule has 1 atom stereocenters. The third-order valence-electron chi connectivity index (χ3n) is 1.65. The highest BCUT2D eigenvalue weighted by atomic mass is 17.0. The molecule has 0 saturated carbocycles. The third-order valence-corrected chi connectivity index (χ3v) is 1.65. The highest BCUT2D eigenvalue weighted by Gasteiger charge is 2.14. The highest BCUT2D eigenvalue weighted by molar-refractivity contribution is 5.36. The molecule has 0 aromatic carbocycles. The van der Waals surface area contributed by atoms with E-state index in [1.807, 2.05) is 0 Å². The lowest BCUT2D eigenvalue weighted by atomic mass is 10.2. The molecule has 0 bridgehead atoms. The van der Waals surface area contributed by atoms with Gasteiger partial charge in [0.25, 0.3) is 11.6 Å². The SMILES string of the molecule is O=COCCCCC(CON=O)O[N+](=O)[O-]. The molecule has 0 radical (unpaired) electrons. The van der Waals surface area contributed by atoms with E-state index in [0.29, 0.717) is 25.7 Å². The van der Waals surface area contributed by atoms with E-state index in [1.54, 1.807) is 0 Å². The fraction of sp³-hybridized carbons (Fsp3) is 0.857. The lowest BCUT2D eigenvalue weighted by molar-refractivity contribution is -0.769. The van der Waals surface area contributed by atoms with Crippen LogP contribution >= 0.6 is 0 Å². The van der Waals surface area contributed by atoms with Gasteiger partial charge >= 0.3 is 0 Å². The van der Waals surface area contributed by atoms with Crippen molar-refractivity contribution >= 4 is 6.47 Å². The van der Waals surface area contributed by atoms with E-state index in [9.17, 15) is 19.8 Å². The smallest absolute Gasteiger partial charge is 0.294 e. The fourth-order valence-corrected chi connectivity index (χ4v) is 1.01. The number of carbonyl (C=O) groups is 1. The molecule has 92 valence electrons. The van der Waals surface area contributed by atoms with Crippen molar-refractivity contribution in [2.45, 2.75) is 25.4 Å². The minimum atomic E-state index is -0.958. The van der Waals surface area contributed by atoms with Gasteiger partial charge in [-0.1, -0.05) is 0 Å². The Labute approximate surface area is 90.7 Å². The van der Waals surface area contributed by atoms with Gasteiger partial charge in [0, 0.05) is 0 Å². The van der Waals surface area contributed by atoms with Crippen LogP contribution in [0.15, 0.2) is 5.34 Å². The van der Waals surface area contributed by atoms with Gasteiger partial charge in [-0.3, -0.25) is 4.79 Å². The van der Waals surface area contributed by atoms with Crippen LogP contribution < -0.4 is 0 Å². The second-order valence-electron chi connectivity index (χ2n) is 2.78. The summed E-state index contributed by atoms with van der Waals surface area (Å²) in [5, 5.41) is 11.2. The van der Waals surface area contributed by atoms with Crippen molar-refractivity contribution < 1.29 is 24.3 Å². The predicted octanol–water partition coefficient (Wildman–Crippen LogP) is 0.605. The lowest BCUT2D eigenvalue weighted by Gasteiger charge is -2.11. The van der Waals surface area contributed by atoms with E-state index < -0.39 is 11.2 Å². The predicted molar refractivity (Wildman–Crippen MR) is 49.5 cm³/mol. The molecule has 0 aromatic rings. The summed E-state index contributed by atoms with van der Waals surface area (Å²) in [7, 11) is 0. The summed E-state index contributed by atoms with van der Waals surface area (Å²) in [5.41, 5.74) is 0. The van der Waals surface area contributed by atoms with E-state index >= 15 is 0 Å². The van der Waals surface area contributed by atoms with Gasteiger partial charge in [-0.15, -0.1) is 15.0 Å². The summed E-state index contributed by atoms with van der Waals surface area (Å²) < 4.78 is 4.42. The Morgan fingerprint density at radius 1 is 1.44 bits per heavy atom. The van der Waals surface area contributed by atoms with Gasteiger partial charge in [-0.05, 0) is 19.3 Å². The zero-order valence-electron chi connectivity index (χ0n) is 8.44. The number of unbranched alkanes of at least 4 members (excludes halogenated alkanes) is 1. The van der Waals surface area contributed by atoms with Crippen molar-refractivity contribution in [1.82, 2.24) is 0 Å². The Kier molecular flexibility index (Phi) is 8.46. The molecule has 1 unspecified atom stereocenters. The standard InChI is InChI=1S/C7H12N2O7/c10-6-14-4-2-1-3-7(5-15-8-11)16-9(12)13/h6-7H,1-5H2. The summed E-state index contributed by atoms with van der Waals surface area (Å²) in [5.74, 6) is 0. The van der Waals surface area contributed by atoms with Crippen molar-refractivity contribution in [3.63, 3.8) is 0 Å². The Balaban J connectivity index is 3.68. The Hall–Kier alpha value is -1.93. The average molecular weight is 236 g/mol. The summed E-state index contributed by atoms with van der Waals surface area (Å²) in [6, 6.07) is 0. The third kappa shape index (κ3) is 8.66. The van der Waals surface area contributed by atoms with E-state index in [4.69, 9.17) is 0 Å². The highest BCUT2D eigenvalue weighted by Crippen LogP contribution is 2.06. The van der Waals surface area contributed by atoms with Crippen LogP contribution in [0.1, 0.15) is 19.3 Å². The van der Waals surface area contributed by atoms with Gasteiger partial charge < -0.3 is 14.4 Å². The maximum Gasteiger partial charge on any atom is 0.294 e. The molecule has 0 spiro atoms. The van der Waals surface area contributed by atoms with Crippen molar-refractivity contribution in [2.75, 3.05) is 13.2 Å². The van der Waals surface area contributed by atoms with Crippen LogP contribution in [0, 0.1) is 15.0 Å². The number of hydrogen-bond acceptors (Lipinski definition) is 8. The van der Waals surface area contributed by atoms with Crippen molar-refractivity contribution in [1.29, 1.82) is 0 Å². The Bertz CT molecular complexity index is 223. The minimum absolute atomic E-state index is 0.238. The first-order chi connectivity index (χ1) is 7.70. The van der Waals surface area contributed by atoms with E-state index in [0.717, 1.165) is 0 Å². The summed E-state index contributed by atoms with van der Waals surface area (Å²) in [6.07, 6.45) is 0.543. The lowest BCUT2D eigenvalue weighted by Crippen LogP contribution is -2.22. The maximum absolute atomic E-state index is 10.1. The zero-order valence-corrected chi connectivity index (χ0v) is 8.44. The van der Waals surface area contributed by atoms with Gasteiger partial charge in [-0.2, -0.15) is 0 Å². The molecular weight excluding hydrogens is 224 g/mol. The van der Waals surface area contributed by atoms with Crippen LogP contribution in [0.2, 0.25) is 0 Å². The first kappa shape index (κ1) is 14.1. The molecule has 9 heteroatoms. The molecule has 16 heavy (non-hydrogen) atoms. The topological polar surface area (TPSA) is 117 Å². The number of ether oxygens (including phenoxy) is 1. The first-order valence-corrected chi connectivity index (χ1v) is 4.51. The molecule has 0 rings (SSSR count). The summed E-state index contributed by atoms with van der Waals surface area (Å²) >= 11 is 0. The molecule has 0 aliphatic rings. The van der Waals surface area contributed by atoms with E-state index in [1.165, 1.54) is 0 Å². The Morgan fingerprint density at radius 3 is 2.75 bits per heavy atom. The molecule has 0 aliphatic carbocycles. The quantitative estimate of drug-likeness (QED) is 0.169. The van der Waals surface area contributed by atoms with Crippen molar-refractivity contribution in [2.24, 2.45) is 5.34 Å². The minimum Gasteiger partial charge on any atom is -0.468 e. The second-order valence-corrected chi connectivity index (χ2v) is 2.78. The molecular formula is C7H12N2O7. The number of carbonyl (C=O) groups excluding carboxylic acids is 1. The average Bonchev–Trinajstić information content (AvgIpc) is 2.24. The van der Waals surface area contributed by atoms with Crippen LogP contribution in [0.25, 0.3) is 0 Å². The molecule has 0 N–H and O–H groups in total. The van der Waals surface area contributed by atoms with Crippen molar-refractivity contribution in [3.05, 3.63) is 15.0 Å².